The average Bonchev–Trinajstić information content (AvgIpc) is 2.43. The lowest BCUT2D eigenvalue weighted by atomic mass is 9.86. The molecule has 21 heavy (non-hydrogen) atoms. The summed E-state index contributed by atoms with van der Waals surface area (Å²) in [4.78, 5) is 2.54. The number of unbranched alkanes of at least 4 members (excludes halogenated alkanes) is 5. The number of hydrogen-bond acceptors (Lipinski definition) is 3. The first kappa shape index (κ1) is 18.5. The molecule has 1 aliphatic rings. The third kappa shape index (κ3) is 7.29. The van der Waals surface area contributed by atoms with Gasteiger partial charge in [-0.1, -0.05) is 39.0 Å². The van der Waals surface area contributed by atoms with E-state index in [0.29, 0.717) is 0 Å². The summed E-state index contributed by atoms with van der Waals surface area (Å²) in [6.07, 6.45) is 10.1. The van der Waals surface area contributed by atoms with Gasteiger partial charge >= 0.3 is 0 Å². The summed E-state index contributed by atoms with van der Waals surface area (Å²) < 4.78 is 0. The Balaban J connectivity index is 2.23. The van der Waals surface area contributed by atoms with Crippen LogP contribution in [0.25, 0.3) is 0 Å². The second-order valence-electron chi connectivity index (χ2n) is 7.68. The van der Waals surface area contributed by atoms with Crippen molar-refractivity contribution < 1.29 is 0 Å². The molecule has 0 aromatic heterocycles. The van der Waals surface area contributed by atoms with E-state index in [1.165, 1.54) is 45.1 Å². The van der Waals surface area contributed by atoms with E-state index in [9.17, 15) is 5.26 Å². The molecule has 1 rings (SSSR count). The van der Waals surface area contributed by atoms with Crippen LogP contribution in [0.1, 0.15) is 79.1 Å². The molecule has 1 heterocycles. The third-order valence-corrected chi connectivity index (χ3v) is 4.37. The highest BCUT2D eigenvalue weighted by atomic mass is 15.2. The van der Waals surface area contributed by atoms with E-state index in [-0.39, 0.29) is 11.1 Å². The Morgan fingerprint density at radius 3 is 2.14 bits per heavy atom. The Bertz CT molecular complexity index is 316. The van der Waals surface area contributed by atoms with E-state index in [4.69, 9.17) is 0 Å². The van der Waals surface area contributed by atoms with Crippen molar-refractivity contribution in [3.63, 3.8) is 0 Å². The van der Waals surface area contributed by atoms with E-state index in [0.717, 1.165) is 25.9 Å². The monoisotopic (exact) mass is 293 g/mol. The summed E-state index contributed by atoms with van der Waals surface area (Å²) in [6.45, 7) is 12.0. The van der Waals surface area contributed by atoms with Gasteiger partial charge in [-0.05, 0) is 46.6 Å². The molecule has 0 spiro atoms. The van der Waals surface area contributed by atoms with Crippen molar-refractivity contribution in [3.8, 4) is 6.07 Å². The predicted molar refractivity (Wildman–Crippen MR) is 90.3 cm³/mol. The first-order valence-corrected chi connectivity index (χ1v) is 8.84. The van der Waals surface area contributed by atoms with E-state index < -0.39 is 0 Å². The molecule has 1 fully saturated rings. The number of nitrogens with zero attached hydrogens (tertiary/aromatic N) is 2. The van der Waals surface area contributed by atoms with Gasteiger partial charge in [-0.25, -0.2) is 0 Å². The summed E-state index contributed by atoms with van der Waals surface area (Å²) in [6, 6.07) is 2.55. The van der Waals surface area contributed by atoms with Gasteiger partial charge in [-0.3, -0.25) is 5.32 Å². The first-order chi connectivity index (χ1) is 9.91. The maximum atomic E-state index is 9.56. The minimum Gasteiger partial charge on any atom is -0.303 e. The van der Waals surface area contributed by atoms with Crippen molar-refractivity contribution >= 4 is 0 Å². The van der Waals surface area contributed by atoms with Gasteiger partial charge in [0.1, 0.15) is 5.54 Å². The number of likely N-dealkylation sites (tertiary alicyclic amines) is 1. The fourth-order valence-corrected chi connectivity index (χ4v) is 3.26. The van der Waals surface area contributed by atoms with Crippen LogP contribution in [0.15, 0.2) is 0 Å². The summed E-state index contributed by atoms with van der Waals surface area (Å²) in [7, 11) is 0. The van der Waals surface area contributed by atoms with Crippen LogP contribution in [0.3, 0.4) is 0 Å². The molecule has 1 N–H and O–H groups in total. The maximum Gasteiger partial charge on any atom is 0.109 e. The summed E-state index contributed by atoms with van der Waals surface area (Å²) in [5.41, 5.74) is -0.299. The fourth-order valence-electron chi connectivity index (χ4n) is 3.26. The van der Waals surface area contributed by atoms with Gasteiger partial charge in [-0.2, -0.15) is 5.26 Å². The van der Waals surface area contributed by atoms with Crippen LogP contribution in [0.4, 0.5) is 0 Å². The minimum atomic E-state index is -0.310. The second kappa shape index (κ2) is 8.76. The molecule has 3 nitrogen and oxygen atoms in total. The van der Waals surface area contributed by atoms with Crippen LogP contribution in [0.2, 0.25) is 0 Å². The zero-order chi connectivity index (χ0) is 15.8. The molecule has 0 atom stereocenters. The minimum absolute atomic E-state index is 0.0111. The lowest BCUT2D eigenvalue weighted by molar-refractivity contribution is 0.144. The van der Waals surface area contributed by atoms with Crippen LogP contribution in [-0.4, -0.2) is 35.6 Å². The van der Waals surface area contributed by atoms with Gasteiger partial charge in [0.15, 0.2) is 0 Å². The fraction of sp³-hybridized carbons (Fsp3) is 0.944. The quantitative estimate of drug-likeness (QED) is 0.685. The molecule has 0 amide bonds. The van der Waals surface area contributed by atoms with Crippen molar-refractivity contribution in [1.29, 1.82) is 5.26 Å². The highest BCUT2D eigenvalue weighted by molar-refractivity contribution is 5.11. The SMILES string of the molecule is CCCCCCCCN1CCC(C#N)(NC(C)(C)C)CC1. The van der Waals surface area contributed by atoms with Crippen LogP contribution in [0, 0.1) is 11.3 Å². The van der Waals surface area contributed by atoms with Crippen molar-refractivity contribution in [3.05, 3.63) is 0 Å². The average molecular weight is 293 g/mol. The Morgan fingerprint density at radius 2 is 1.62 bits per heavy atom. The zero-order valence-corrected chi connectivity index (χ0v) is 14.7. The topological polar surface area (TPSA) is 39.1 Å². The highest BCUT2D eigenvalue weighted by Gasteiger charge is 2.37. The molecule has 122 valence electrons. The van der Waals surface area contributed by atoms with Gasteiger partial charge < -0.3 is 4.90 Å². The van der Waals surface area contributed by atoms with Crippen molar-refractivity contribution in [2.45, 2.75) is 90.1 Å². The van der Waals surface area contributed by atoms with Crippen molar-refractivity contribution in [1.82, 2.24) is 10.2 Å². The lowest BCUT2D eigenvalue weighted by Gasteiger charge is -2.41. The largest absolute Gasteiger partial charge is 0.303 e. The normalized spacial score (nSPS) is 19.4. The van der Waals surface area contributed by atoms with E-state index in [1.807, 2.05) is 0 Å². The zero-order valence-electron chi connectivity index (χ0n) is 14.7. The van der Waals surface area contributed by atoms with Crippen molar-refractivity contribution in [2.75, 3.05) is 19.6 Å². The highest BCUT2D eigenvalue weighted by Crippen LogP contribution is 2.24. The Hall–Kier alpha value is -0.590. The molecule has 1 saturated heterocycles. The van der Waals surface area contributed by atoms with Gasteiger partial charge in [0.2, 0.25) is 0 Å². The van der Waals surface area contributed by atoms with Crippen LogP contribution < -0.4 is 5.32 Å². The number of nitrogens with one attached hydrogen (secondary N) is 1. The Morgan fingerprint density at radius 1 is 1.05 bits per heavy atom. The maximum absolute atomic E-state index is 9.56. The smallest absolute Gasteiger partial charge is 0.109 e. The van der Waals surface area contributed by atoms with E-state index in [2.05, 4.69) is 44.0 Å². The molecular weight excluding hydrogens is 258 g/mol. The van der Waals surface area contributed by atoms with Crippen LogP contribution in [-0.2, 0) is 0 Å². The van der Waals surface area contributed by atoms with Crippen LogP contribution in [0.5, 0.6) is 0 Å². The number of piperidine rings is 1. The number of nitriles is 1. The number of hydrogen-bond donors (Lipinski definition) is 1. The van der Waals surface area contributed by atoms with E-state index >= 15 is 0 Å². The predicted octanol–water partition coefficient (Wildman–Crippen LogP) is 4.09. The Kier molecular flexibility index (Phi) is 7.70. The molecule has 1 aliphatic heterocycles. The van der Waals surface area contributed by atoms with Gasteiger partial charge in [0.05, 0.1) is 6.07 Å². The Labute approximate surface area is 132 Å². The van der Waals surface area contributed by atoms with Gasteiger partial charge in [-0.15, -0.1) is 0 Å². The third-order valence-electron chi connectivity index (χ3n) is 4.37. The molecule has 0 unspecified atom stereocenters. The molecule has 0 aliphatic carbocycles. The molecule has 0 aromatic carbocycles. The summed E-state index contributed by atoms with van der Waals surface area (Å²) in [5, 5.41) is 13.1. The van der Waals surface area contributed by atoms with E-state index in [1.54, 1.807) is 0 Å². The summed E-state index contributed by atoms with van der Waals surface area (Å²) in [5.74, 6) is 0. The number of rotatable bonds is 8. The first-order valence-electron chi connectivity index (χ1n) is 8.84. The molecule has 0 aromatic rings. The summed E-state index contributed by atoms with van der Waals surface area (Å²) >= 11 is 0. The molecular formula is C18H35N3. The van der Waals surface area contributed by atoms with Gasteiger partial charge in [0, 0.05) is 18.6 Å². The standard InChI is InChI=1S/C18H35N3/c1-5-6-7-8-9-10-13-21-14-11-18(16-19,12-15-21)20-17(2,3)4/h20H,5-15H2,1-4H3. The molecule has 0 saturated carbocycles. The molecule has 0 radical (unpaired) electrons. The van der Waals surface area contributed by atoms with Crippen LogP contribution >= 0.6 is 0 Å². The van der Waals surface area contributed by atoms with Crippen molar-refractivity contribution in [2.24, 2.45) is 0 Å². The second-order valence-corrected chi connectivity index (χ2v) is 7.68. The molecule has 3 heteroatoms. The van der Waals surface area contributed by atoms with Gasteiger partial charge in [0.25, 0.3) is 0 Å². The molecule has 0 bridgehead atoms. The lowest BCUT2D eigenvalue weighted by Crippen LogP contribution is -2.58.